The van der Waals surface area contributed by atoms with Gasteiger partial charge in [0, 0.05) is 0 Å². The summed E-state index contributed by atoms with van der Waals surface area (Å²) in [6.07, 6.45) is 1.85. The zero-order valence-corrected chi connectivity index (χ0v) is 16.6. The van der Waals surface area contributed by atoms with Gasteiger partial charge in [0.05, 0.1) is 0 Å². The molecule has 0 aromatic carbocycles. The summed E-state index contributed by atoms with van der Waals surface area (Å²) < 4.78 is 54.8. The molecule has 0 heterocycles. The van der Waals surface area contributed by atoms with E-state index in [2.05, 4.69) is 49.1 Å². The van der Waals surface area contributed by atoms with Crippen LogP contribution in [-0.2, 0) is 53.3 Å². The van der Waals surface area contributed by atoms with Crippen LogP contribution in [0.1, 0.15) is 34.6 Å². The van der Waals surface area contributed by atoms with Crippen molar-refractivity contribution in [3.05, 3.63) is 45.1 Å². The third-order valence-corrected chi connectivity index (χ3v) is 2.30. The predicted octanol–water partition coefficient (Wildman–Crippen LogP) is 2.25. The number of rotatable bonds is 8. The van der Waals surface area contributed by atoms with Gasteiger partial charge in [-0.05, 0) is 0 Å². The van der Waals surface area contributed by atoms with Gasteiger partial charge in [0.25, 0.3) is 0 Å². The van der Waals surface area contributed by atoms with E-state index in [0.717, 1.165) is 10.3 Å². The molecule has 0 rings (SSSR count). The van der Waals surface area contributed by atoms with Crippen LogP contribution in [0, 0.1) is 33.3 Å². The van der Waals surface area contributed by atoms with E-state index < -0.39 is 5.60 Å². The minimum absolute atomic E-state index is 0.434. The zero-order chi connectivity index (χ0) is 22.6. The molecule has 0 radical (unpaired) electrons. The van der Waals surface area contributed by atoms with Crippen molar-refractivity contribution in [3.8, 4) is 0 Å². The molecule has 0 atom stereocenters. The van der Waals surface area contributed by atoms with Gasteiger partial charge >= 0.3 is 163 Å². The van der Waals surface area contributed by atoms with E-state index in [-0.39, 0.29) is 0 Å². The van der Waals surface area contributed by atoms with Crippen molar-refractivity contribution in [2.75, 3.05) is 19.8 Å². The average molecular weight is 406 g/mol. The van der Waals surface area contributed by atoms with Crippen LogP contribution in [0.4, 0.5) is 0 Å². The van der Waals surface area contributed by atoms with Gasteiger partial charge in [-0.25, -0.2) is 0 Å². The molecular weight excluding hydrogens is 384 g/mol. The number of hydrogen-bond acceptors (Lipinski definition) is 3. The predicted molar refractivity (Wildman–Crippen MR) is 81.7 cm³/mol. The van der Waals surface area contributed by atoms with Crippen LogP contribution in [0.25, 0.3) is 0 Å². The molecule has 9 heteroatoms. The van der Waals surface area contributed by atoms with Crippen LogP contribution < -0.4 is 0 Å². The average Bonchev–Trinajstić information content (AvgIpc) is 2.69. The Morgan fingerprint density at radius 2 is 1.12 bits per heavy atom. The minimum atomic E-state index is -0.434. The molecule has 0 amide bonds. The summed E-state index contributed by atoms with van der Waals surface area (Å²) in [7, 11) is 0. The van der Waals surface area contributed by atoms with Crippen molar-refractivity contribution in [2.45, 2.75) is 40.2 Å². The van der Waals surface area contributed by atoms with Gasteiger partial charge in [0.2, 0.25) is 0 Å². The molecule has 144 valence electrons. The van der Waals surface area contributed by atoms with Crippen LogP contribution in [0.3, 0.4) is 0 Å². The molecule has 0 N–H and O–H groups in total. The van der Waals surface area contributed by atoms with Gasteiger partial charge in [-0.15, -0.1) is 0 Å². The molecule has 0 aromatic heterocycles. The fraction of sp³-hybridized carbons (Fsp3) is 0.529. The maximum absolute atomic E-state index is 7.50. The Balaban J connectivity index is -0.0000000854. The number of hydrogen-bond donors (Lipinski definition) is 0. The third-order valence-electron chi connectivity index (χ3n) is 1.93. The van der Waals surface area contributed by atoms with Crippen LogP contribution in [0.5, 0.6) is 0 Å². The van der Waals surface area contributed by atoms with Gasteiger partial charge < -0.3 is 0 Å². The fourth-order valence-electron chi connectivity index (χ4n) is 1.27. The SMILES string of the molecule is CCO[C](=[Cr])/C=C(\OCC)C(C)(C)OCC.[C-]#[O+].[C-]#[O+].[C-]#[O+].[C-]#[O+].[C-]#[O+]. The molecule has 0 aliphatic carbocycles. The summed E-state index contributed by atoms with van der Waals surface area (Å²) in [5.41, 5.74) is -0.434. The first-order valence-electron chi connectivity index (χ1n) is 6.65. The molecule has 0 unspecified atom stereocenters. The Bertz CT molecular complexity index is 395. The second-order valence-corrected chi connectivity index (χ2v) is 4.27. The third kappa shape index (κ3) is 30.4. The van der Waals surface area contributed by atoms with Crippen molar-refractivity contribution in [2.24, 2.45) is 0 Å². The van der Waals surface area contributed by atoms with E-state index in [9.17, 15) is 0 Å². The Kier molecular flexibility index (Phi) is 59.2. The molecule has 0 fully saturated rings. The Morgan fingerprint density at radius 3 is 1.38 bits per heavy atom. The van der Waals surface area contributed by atoms with E-state index in [1.165, 1.54) is 0 Å². The second-order valence-electron chi connectivity index (χ2n) is 3.64. The molecule has 0 saturated heterocycles. The molecular formula is C17H22CrO8. The normalized spacial score (nSPS) is 8.19. The fourth-order valence-corrected chi connectivity index (χ4v) is 1.62. The summed E-state index contributed by atoms with van der Waals surface area (Å²) >= 11 is 2.86. The van der Waals surface area contributed by atoms with Crippen molar-refractivity contribution in [1.82, 2.24) is 0 Å². The maximum atomic E-state index is 7.50. The van der Waals surface area contributed by atoms with E-state index in [4.69, 9.17) is 37.5 Å². The topological polar surface area (TPSA) is 127 Å². The number of ether oxygens (including phenoxy) is 3. The van der Waals surface area contributed by atoms with Crippen molar-refractivity contribution in [3.63, 3.8) is 0 Å². The molecule has 0 bridgehead atoms. The molecule has 0 spiro atoms. The standard InChI is InChI=1S/C12H22O3.5CO.Cr/c1-6-13-10-9-11(14-7-2)12(4,5)15-8-3;5*1-2;/h9H,6-8H2,1-5H3;;;;;;/b11-9-;;;;;;. The first kappa shape index (κ1) is 39.6. The molecule has 0 saturated carbocycles. The van der Waals surface area contributed by atoms with Crippen molar-refractivity contribution >= 4 is 4.57 Å². The monoisotopic (exact) mass is 406 g/mol. The summed E-state index contributed by atoms with van der Waals surface area (Å²) in [5, 5.41) is 0. The van der Waals surface area contributed by atoms with Crippen LogP contribution in [-0.4, -0.2) is 30.0 Å². The van der Waals surface area contributed by atoms with Crippen LogP contribution >= 0.6 is 0 Å². The van der Waals surface area contributed by atoms with E-state index >= 15 is 0 Å². The van der Waals surface area contributed by atoms with Crippen molar-refractivity contribution in [1.29, 1.82) is 0 Å². The summed E-state index contributed by atoms with van der Waals surface area (Å²) in [6, 6.07) is 0. The van der Waals surface area contributed by atoms with Gasteiger partial charge in [-0.1, -0.05) is 0 Å². The summed E-state index contributed by atoms with van der Waals surface area (Å²) in [4.78, 5) is 0. The zero-order valence-electron chi connectivity index (χ0n) is 15.4. The first-order chi connectivity index (χ1) is 12.5. The molecule has 0 aromatic rings. The van der Waals surface area contributed by atoms with Crippen molar-refractivity contribution < 1.29 is 53.3 Å². The van der Waals surface area contributed by atoms with E-state index in [0.29, 0.717) is 19.8 Å². The first-order valence-corrected chi connectivity index (χ1v) is 7.29. The van der Waals surface area contributed by atoms with E-state index in [1.807, 2.05) is 40.7 Å². The van der Waals surface area contributed by atoms with Gasteiger partial charge in [-0.2, -0.15) is 0 Å². The van der Waals surface area contributed by atoms with E-state index in [1.54, 1.807) is 0 Å². The Hall–Kier alpha value is -1.44. The van der Waals surface area contributed by atoms with Crippen LogP contribution in [0.15, 0.2) is 11.8 Å². The molecule has 0 aliphatic heterocycles. The summed E-state index contributed by atoms with van der Waals surface area (Å²) in [6.45, 7) is 34.2. The molecule has 0 aliphatic rings. The van der Waals surface area contributed by atoms with Gasteiger partial charge in [0.15, 0.2) is 0 Å². The quantitative estimate of drug-likeness (QED) is 0.348. The summed E-state index contributed by atoms with van der Waals surface area (Å²) in [5.74, 6) is 0.777. The molecule has 26 heavy (non-hydrogen) atoms. The second kappa shape index (κ2) is 38.9. The van der Waals surface area contributed by atoms with Crippen LogP contribution in [0.2, 0.25) is 0 Å². The van der Waals surface area contributed by atoms with Gasteiger partial charge in [0.1, 0.15) is 0 Å². The Morgan fingerprint density at radius 1 is 0.769 bits per heavy atom. The Labute approximate surface area is 163 Å². The molecule has 8 nitrogen and oxygen atoms in total. The van der Waals surface area contributed by atoms with Gasteiger partial charge in [-0.3, -0.25) is 0 Å².